The molecule has 0 aliphatic rings. The van der Waals surface area contributed by atoms with E-state index >= 15 is 0 Å². The van der Waals surface area contributed by atoms with Crippen molar-refractivity contribution in [2.75, 3.05) is 7.11 Å². The van der Waals surface area contributed by atoms with Gasteiger partial charge in [-0.3, -0.25) is 4.79 Å². The summed E-state index contributed by atoms with van der Waals surface area (Å²) in [7, 11) is -2.99. The highest BCUT2D eigenvalue weighted by atomic mass is 32.2. The maximum absolute atomic E-state index is 14.0. The molecule has 170 valence electrons. The second-order valence-electron chi connectivity index (χ2n) is 7.82. The number of ether oxygens (including phenoxy) is 1. The average Bonchev–Trinajstić information content (AvgIpc) is 2.71. The van der Waals surface area contributed by atoms with Gasteiger partial charge >= 0.3 is 10.1 Å². The van der Waals surface area contributed by atoms with Crippen LogP contribution in [-0.4, -0.2) is 32.4 Å². The Hall–Kier alpha value is -2.61. The highest BCUT2D eigenvalue weighted by molar-refractivity contribution is 7.87. The molecule has 0 heterocycles. The zero-order chi connectivity index (χ0) is 23.2. The van der Waals surface area contributed by atoms with Crippen LogP contribution in [0.3, 0.4) is 0 Å². The van der Waals surface area contributed by atoms with E-state index in [0.29, 0.717) is 12.0 Å². The molecule has 0 saturated heterocycles. The largest absolute Gasteiger partial charge is 0.494 e. The fourth-order valence-electron chi connectivity index (χ4n) is 3.04. The van der Waals surface area contributed by atoms with Crippen molar-refractivity contribution in [3.05, 3.63) is 53.8 Å². The molecule has 1 amide bonds. The van der Waals surface area contributed by atoms with Crippen LogP contribution in [0.25, 0.3) is 0 Å². The maximum atomic E-state index is 14.0. The molecule has 2 aromatic carbocycles. The van der Waals surface area contributed by atoms with Crippen molar-refractivity contribution in [1.82, 2.24) is 4.90 Å². The Morgan fingerprint density at radius 1 is 1.10 bits per heavy atom. The van der Waals surface area contributed by atoms with Crippen molar-refractivity contribution in [2.24, 2.45) is 5.92 Å². The van der Waals surface area contributed by atoms with Crippen LogP contribution in [0.15, 0.2) is 47.4 Å². The molecule has 0 spiro atoms. The molecule has 0 N–H and O–H groups in total. The van der Waals surface area contributed by atoms with Crippen LogP contribution in [0.4, 0.5) is 4.39 Å². The lowest BCUT2D eigenvalue weighted by molar-refractivity contribution is -0.134. The third kappa shape index (κ3) is 6.43. The van der Waals surface area contributed by atoms with Gasteiger partial charge in [0.1, 0.15) is 10.6 Å². The first-order valence-electron chi connectivity index (χ1n) is 10.2. The summed E-state index contributed by atoms with van der Waals surface area (Å²) in [6, 6.07) is 9.92. The SMILES string of the molecule is CC[C@H](C)N(Cc1ccccc1OS(=O)(=O)c1ccc(OC)c(F)c1)C(=O)CC(C)C. The van der Waals surface area contributed by atoms with E-state index in [1.54, 1.807) is 23.1 Å². The fraction of sp³-hybridized carbons (Fsp3) is 0.435. The van der Waals surface area contributed by atoms with E-state index in [-0.39, 0.29) is 40.8 Å². The Bertz CT molecular complexity index is 1010. The number of hydrogen-bond acceptors (Lipinski definition) is 5. The first kappa shape index (κ1) is 24.7. The topological polar surface area (TPSA) is 72.9 Å². The van der Waals surface area contributed by atoms with Gasteiger partial charge in [0.25, 0.3) is 0 Å². The Balaban J connectivity index is 2.34. The summed E-state index contributed by atoms with van der Waals surface area (Å²) in [6.45, 7) is 8.11. The molecule has 2 aromatic rings. The van der Waals surface area contributed by atoms with Crippen LogP contribution >= 0.6 is 0 Å². The first-order chi connectivity index (χ1) is 14.6. The van der Waals surface area contributed by atoms with E-state index in [4.69, 9.17) is 8.92 Å². The first-order valence-corrected chi connectivity index (χ1v) is 11.6. The summed E-state index contributed by atoms with van der Waals surface area (Å²) >= 11 is 0. The third-order valence-corrected chi connectivity index (χ3v) is 6.18. The van der Waals surface area contributed by atoms with Crippen LogP contribution in [0, 0.1) is 11.7 Å². The van der Waals surface area contributed by atoms with E-state index in [0.717, 1.165) is 12.5 Å². The molecule has 1 atom stereocenters. The molecule has 0 fully saturated rings. The minimum absolute atomic E-state index is 0.000708. The summed E-state index contributed by atoms with van der Waals surface area (Å²) in [5.41, 5.74) is 0.553. The highest BCUT2D eigenvalue weighted by Gasteiger charge is 2.24. The van der Waals surface area contributed by atoms with Crippen LogP contribution in [0.2, 0.25) is 0 Å². The lowest BCUT2D eigenvalue weighted by Crippen LogP contribution is -2.38. The molecule has 0 unspecified atom stereocenters. The molecular weight excluding hydrogens is 421 g/mol. The van der Waals surface area contributed by atoms with Gasteiger partial charge in [-0.05, 0) is 43.5 Å². The minimum Gasteiger partial charge on any atom is -0.494 e. The van der Waals surface area contributed by atoms with Crippen LogP contribution in [0.5, 0.6) is 11.5 Å². The Kier molecular flexibility index (Phi) is 8.44. The Labute approximate surface area is 184 Å². The van der Waals surface area contributed by atoms with Gasteiger partial charge in [0, 0.05) is 24.6 Å². The van der Waals surface area contributed by atoms with E-state index in [1.807, 2.05) is 27.7 Å². The Morgan fingerprint density at radius 2 is 1.77 bits per heavy atom. The fourth-order valence-corrected chi connectivity index (χ4v) is 4.02. The summed E-state index contributed by atoms with van der Waals surface area (Å²) in [6.07, 6.45) is 1.16. The quantitative estimate of drug-likeness (QED) is 0.486. The number of nitrogens with zero attached hydrogens (tertiary/aromatic N) is 1. The zero-order valence-corrected chi connectivity index (χ0v) is 19.4. The zero-order valence-electron chi connectivity index (χ0n) is 18.6. The number of hydrogen-bond donors (Lipinski definition) is 0. The van der Waals surface area contributed by atoms with Gasteiger partial charge in [-0.2, -0.15) is 8.42 Å². The van der Waals surface area contributed by atoms with Crippen molar-refractivity contribution in [1.29, 1.82) is 0 Å². The van der Waals surface area contributed by atoms with Gasteiger partial charge < -0.3 is 13.8 Å². The molecule has 0 saturated carbocycles. The van der Waals surface area contributed by atoms with E-state index in [9.17, 15) is 17.6 Å². The Morgan fingerprint density at radius 3 is 2.35 bits per heavy atom. The molecule has 0 bridgehead atoms. The lowest BCUT2D eigenvalue weighted by Gasteiger charge is -2.30. The molecule has 0 aromatic heterocycles. The normalized spacial score (nSPS) is 12.5. The minimum atomic E-state index is -4.28. The molecule has 2 rings (SSSR count). The van der Waals surface area contributed by atoms with Gasteiger partial charge in [0.2, 0.25) is 5.91 Å². The molecular formula is C23H30FNO5S. The summed E-state index contributed by atoms with van der Waals surface area (Å²) < 4.78 is 49.7. The molecule has 0 aliphatic heterocycles. The van der Waals surface area contributed by atoms with Gasteiger partial charge in [-0.25, -0.2) is 4.39 Å². The number of amides is 1. The number of halogens is 1. The van der Waals surface area contributed by atoms with Crippen molar-refractivity contribution < 1.29 is 26.5 Å². The average molecular weight is 452 g/mol. The van der Waals surface area contributed by atoms with E-state index in [2.05, 4.69) is 0 Å². The monoisotopic (exact) mass is 451 g/mol. The van der Waals surface area contributed by atoms with Crippen molar-refractivity contribution in [3.63, 3.8) is 0 Å². The molecule has 8 heteroatoms. The number of para-hydroxylation sites is 1. The lowest BCUT2D eigenvalue weighted by atomic mass is 10.1. The van der Waals surface area contributed by atoms with Crippen molar-refractivity contribution >= 4 is 16.0 Å². The molecule has 0 aliphatic carbocycles. The van der Waals surface area contributed by atoms with Gasteiger partial charge in [0.15, 0.2) is 11.6 Å². The molecule has 6 nitrogen and oxygen atoms in total. The number of carbonyl (C=O) groups excluding carboxylic acids is 1. The van der Waals surface area contributed by atoms with Crippen LogP contribution in [0.1, 0.15) is 46.1 Å². The van der Waals surface area contributed by atoms with Gasteiger partial charge in [-0.15, -0.1) is 0 Å². The predicted octanol–water partition coefficient (Wildman–Crippen LogP) is 4.78. The summed E-state index contributed by atoms with van der Waals surface area (Å²) in [5, 5.41) is 0. The summed E-state index contributed by atoms with van der Waals surface area (Å²) in [4.78, 5) is 14.2. The number of methoxy groups -OCH3 is 1. The molecule has 31 heavy (non-hydrogen) atoms. The smallest absolute Gasteiger partial charge is 0.339 e. The van der Waals surface area contributed by atoms with Crippen LogP contribution < -0.4 is 8.92 Å². The van der Waals surface area contributed by atoms with Gasteiger partial charge in [-0.1, -0.05) is 39.0 Å². The van der Waals surface area contributed by atoms with E-state index < -0.39 is 15.9 Å². The number of rotatable bonds is 10. The maximum Gasteiger partial charge on any atom is 0.339 e. The van der Waals surface area contributed by atoms with Crippen LogP contribution in [-0.2, 0) is 21.5 Å². The van der Waals surface area contributed by atoms with E-state index in [1.165, 1.54) is 25.3 Å². The second kappa shape index (κ2) is 10.6. The van der Waals surface area contributed by atoms with Gasteiger partial charge in [0.05, 0.1) is 7.11 Å². The predicted molar refractivity (Wildman–Crippen MR) is 117 cm³/mol. The second-order valence-corrected chi connectivity index (χ2v) is 9.36. The molecule has 0 radical (unpaired) electrons. The third-order valence-electron chi connectivity index (χ3n) is 4.95. The standard InChI is InChI=1S/C23H30FNO5S/c1-6-17(4)25(23(26)13-16(2)3)15-18-9-7-8-10-21(18)30-31(27,28)19-11-12-22(29-5)20(24)14-19/h7-12,14,16-17H,6,13,15H2,1-5H3/t17-/m0/s1. The van der Waals surface area contributed by atoms with Crippen molar-refractivity contribution in [3.8, 4) is 11.5 Å². The number of benzene rings is 2. The van der Waals surface area contributed by atoms with Crippen molar-refractivity contribution in [2.45, 2.75) is 58.0 Å². The highest BCUT2D eigenvalue weighted by Crippen LogP contribution is 2.27. The summed E-state index contributed by atoms with van der Waals surface area (Å²) in [5.74, 6) is -0.561. The number of carbonyl (C=O) groups is 1.